The van der Waals surface area contributed by atoms with E-state index in [9.17, 15) is 9.59 Å². The fourth-order valence-corrected chi connectivity index (χ4v) is 3.68. The lowest BCUT2D eigenvalue weighted by atomic mass is 10.0. The van der Waals surface area contributed by atoms with Crippen LogP contribution < -0.4 is 5.56 Å². The first kappa shape index (κ1) is 20.2. The minimum Gasteiger partial charge on any atom is -0.343 e. The Hall–Kier alpha value is -2.08. The van der Waals surface area contributed by atoms with Crippen LogP contribution in [0, 0.1) is 13.8 Å². The SMILES string of the molecule is CCN(CC)C(=O)CSc1nc(C)c(Cc2ccc(C)cc2)c(=O)n1C. The summed E-state index contributed by atoms with van der Waals surface area (Å²) in [5.74, 6) is 0.356. The molecule has 140 valence electrons. The maximum absolute atomic E-state index is 12.8. The normalized spacial score (nSPS) is 10.8. The van der Waals surface area contributed by atoms with E-state index in [1.807, 2.05) is 52.0 Å². The molecule has 0 atom stereocenters. The molecule has 2 aromatic rings. The van der Waals surface area contributed by atoms with Crippen LogP contribution in [0.1, 0.15) is 36.2 Å². The molecule has 1 aromatic heterocycles. The molecule has 1 amide bonds. The van der Waals surface area contributed by atoms with E-state index in [2.05, 4.69) is 4.98 Å². The zero-order valence-electron chi connectivity index (χ0n) is 16.2. The number of hydrogen-bond acceptors (Lipinski definition) is 4. The second-order valence-corrected chi connectivity index (χ2v) is 7.28. The third-order valence-electron chi connectivity index (χ3n) is 4.49. The van der Waals surface area contributed by atoms with Gasteiger partial charge in [-0.1, -0.05) is 41.6 Å². The molecule has 0 aliphatic heterocycles. The average Bonchev–Trinajstić information content (AvgIpc) is 2.63. The highest BCUT2D eigenvalue weighted by Crippen LogP contribution is 2.17. The van der Waals surface area contributed by atoms with Gasteiger partial charge >= 0.3 is 0 Å². The van der Waals surface area contributed by atoms with Crippen LogP contribution in [0.4, 0.5) is 0 Å². The fourth-order valence-electron chi connectivity index (χ4n) is 2.77. The lowest BCUT2D eigenvalue weighted by Crippen LogP contribution is -2.32. The first-order chi connectivity index (χ1) is 12.4. The second kappa shape index (κ2) is 9.03. The molecule has 0 fully saturated rings. The van der Waals surface area contributed by atoms with E-state index in [4.69, 9.17) is 0 Å². The standard InChI is InChI=1S/C20H27N3O2S/c1-6-23(7-2)18(24)13-26-20-21-15(4)17(19(25)22(20)5)12-16-10-8-14(3)9-11-16/h8-11H,6-7,12-13H2,1-5H3. The number of carbonyl (C=O) groups is 1. The van der Waals surface area contributed by atoms with Gasteiger partial charge in [0, 0.05) is 37.8 Å². The zero-order chi connectivity index (χ0) is 19.3. The summed E-state index contributed by atoms with van der Waals surface area (Å²) in [7, 11) is 1.72. The monoisotopic (exact) mass is 373 g/mol. The molecule has 26 heavy (non-hydrogen) atoms. The van der Waals surface area contributed by atoms with Gasteiger partial charge in [0.15, 0.2) is 5.16 Å². The first-order valence-electron chi connectivity index (χ1n) is 8.89. The predicted octanol–water partition coefficient (Wildman–Crippen LogP) is 2.95. The van der Waals surface area contributed by atoms with Gasteiger partial charge < -0.3 is 4.90 Å². The minimum atomic E-state index is -0.0455. The summed E-state index contributed by atoms with van der Waals surface area (Å²) in [6.45, 7) is 9.21. The molecule has 6 heteroatoms. The number of amides is 1. The summed E-state index contributed by atoms with van der Waals surface area (Å²) >= 11 is 1.32. The Bertz CT molecular complexity index is 824. The van der Waals surface area contributed by atoms with Crippen molar-refractivity contribution in [2.45, 2.75) is 39.3 Å². The molecule has 0 saturated heterocycles. The first-order valence-corrected chi connectivity index (χ1v) is 9.88. The molecule has 0 radical (unpaired) electrons. The number of rotatable bonds is 7. The van der Waals surface area contributed by atoms with Crippen molar-refractivity contribution >= 4 is 17.7 Å². The van der Waals surface area contributed by atoms with Gasteiger partial charge in [0.1, 0.15) is 0 Å². The van der Waals surface area contributed by atoms with Gasteiger partial charge in [-0.25, -0.2) is 4.98 Å². The molecule has 0 aliphatic carbocycles. The van der Waals surface area contributed by atoms with Crippen molar-refractivity contribution in [1.29, 1.82) is 0 Å². The average molecular weight is 374 g/mol. The molecular weight excluding hydrogens is 346 g/mol. The van der Waals surface area contributed by atoms with Gasteiger partial charge in [-0.2, -0.15) is 0 Å². The zero-order valence-corrected chi connectivity index (χ0v) is 17.0. The van der Waals surface area contributed by atoms with Gasteiger partial charge in [-0.15, -0.1) is 0 Å². The van der Waals surface area contributed by atoms with E-state index in [0.717, 1.165) is 11.3 Å². The van der Waals surface area contributed by atoms with Crippen LogP contribution in [-0.2, 0) is 18.3 Å². The Morgan fingerprint density at radius 2 is 1.77 bits per heavy atom. The number of aryl methyl sites for hydroxylation is 2. The minimum absolute atomic E-state index is 0.0455. The number of thioether (sulfide) groups is 1. The van der Waals surface area contributed by atoms with E-state index < -0.39 is 0 Å². The fraction of sp³-hybridized carbons (Fsp3) is 0.450. The number of nitrogens with zero attached hydrogens (tertiary/aromatic N) is 3. The third-order valence-corrected chi connectivity index (χ3v) is 5.51. The maximum atomic E-state index is 12.8. The molecule has 2 rings (SSSR count). The van der Waals surface area contributed by atoms with Crippen molar-refractivity contribution < 1.29 is 4.79 Å². The van der Waals surface area contributed by atoms with Gasteiger partial charge in [-0.3, -0.25) is 14.2 Å². The summed E-state index contributed by atoms with van der Waals surface area (Å²) in [6.07, 6.45) is 0.565. The van der Waals surface area contributed by atoms with Crippen molar-refractivity contribution in [3.05, 3.63) is 57.0 Å². The molecule has 0 spiro atoms. The molecule has 0 aliphatic rings. The van der Waals surface area contributed by atoms with Crippen molar-refractivity contribution in [3.8, 4) is 0 Å². The summed E-state index contributed by atoms with van der Waals surface area (Å²) in [6, 6.07) is 8.18. The van der Waals surface area contributed by atoms with Crippen molar-refractivity contribution in [1.82, 2.24) is 14.5 Å². The topological polar surface area (TPSA) is 55.2 Å². The smallest absolute Gasteiger partial charge is 0.257 e. The van der Waals surface area contributed by atoms with Gasteiger partial charge in [-0.05, 0) is 33.3 Å². The van der Waals surface area contributed by atoms with Gasteiger partial charge in [0.2, 0.25) is 5.91 Å². The largest absolute Gasteiger partial charge is 0.343 e. The summed E-state index contributed by atoms with van der Waals surface area (Å²) in [5.41, 5.74) is 3.67. The van der Waals surface area contributed by atoms with Crippen molar-refractivity contribution in [3.63, 3.8) is 0 Å². The predicted molar refractivity (Wildman–Crippen MR) is 107 cm³/mol. The number of hydrogen-bond donors (Lipinski definition) is 0. The highest BCUT2D eigenvalue weighted by molar-refractivity contribution is 7.99. The van der Waals surface area contributed by atoms with E-state index in [-0.39, 0.29) is 11.5 Å². The van der Waals surface area contributed by atoms with E-state index in [1.165, 1.54) is 17.3 Å². The Kier molecular flexibility index (Phi) is 7.03. The molecule has 0 unspecified atom stereocenters. The highest BCUT2D eigenvalue weighted by atomic mass is 32.2. The second-order valence-electron chi connectivity index (χ2n) is 6.34. The van der Waals surface area contributed by atoms with Crippen LogP contribution in [0.3, 0.4) is 0 Å². The van der Waals surface area contributed by atoms with Crippen molar-refractivity contribution in [2.24, 2.45) is 7.05 Å². The van der Waals surface area contributed by atoms with Crippen LogP contribution in [0.15, 0.2) is 34.2 Å². The van der Waals surface area contributed by atoms with E-state index in [0.29, 0.717) is 36.0 Å². The summed E-state index contributed by atoms with van der Waals surface area (Å²) < 4.78 is 1.55. The molecule has 0 saturated carbocycles. The Morgan fingerprint density at radius 1 is 1.15 bits per heavy atom. The van der Waals surface area contributed by atoms with Crippen LogP contribution in [0.2, 0.25) is 0 Å². The Balaban J connectivity index is 2.20. The van der Waals surface area contributed by atoms with Gasteiger partial charge in [0.25, 0.3) is 5.56 Å². The van der Waals surface area contributed by atoms with Crippen LogP contribution in [-0.4, -0.2) is 39.2 Å². The number of carbonyl (C=O) groups excluding carboxylic acids is 1. The third kappa shape index (κ3) is 4.75. The quantitative estimate of drug-likeness (QED) is 0.553. The molecule has 1 aromatic carbocycles. The molecular formula is C20H27N3O2S. The van der Waals surface area contributed by atoms with Gasteiger partial charge in [0.05, 0.1) is 5.75 Å². The molecule has 0 bridgehead atoms. The molecule has 0 N–H and O–H groups in total. The maximum Gasteiger partial charge on any atom is 0.257 e. The van der Waals surface area contributed by atoms with Crippen LogP contribution in [0.25, 0.3) is 0 Å². The van der Waals surface area contributed by atoms with E-state index >= 15 is 0 Å². The molecule has 1 heterocycles. The lowest BCUT2D eigenvalue weighted by Gasteiger charge is -2.18. The number of aromatic nitrogens is 2. The van der Waals surface area contributed by atoms with Crippen LogP contribution in [0.5, 0.6) is 0 Å². The summed E-state index contributed by atoms with van der Waals surface area (Å²) in [5, 5.41) is 0.584. The lowest BCUT2D eigenvalue weighted by molar-refractivity contribution is -0.127. The Labute approximate surface area is 159 Å². The van der Waals surface area contributed by atoms with Crippen molar-refractivity contribution in [2.75, 3.05) is 18.8 Å². The highest BCUT2D eigenvalue weighted by Gasteiger charge is 2.16. The molecule has 5 nitrogen and oxygen atoms in total. The van der Waals surface area contributed by atoms with Crippen LogP contribution >= 0.6 is 11.8 Å². The number of benzene rings is 1. The summed E-state index contributed by atoms with van der Waals surface area (Å²) in [4.78, 5) is 31.3. The van der Waals surface area contributed by atoms with E-state index in [1.54, 1.807) is 16.5 Å². The Morgan fingerprint density at radius 3 is 2.35 bits per heavy atom.